The monoisotopic (exact) mass is 296 g/mol. The van der Waals surface area contributed by atoms with Crippen LogP contribution >= 0.6 is 15.9 Å². The second-order valence-corrected chi connectivity index (χ2v) is 4.62. The number of hydrogen-bond acceptors (Lipinski definition) is 3. The Balaban J connectivity index is 2.35. The van der Waals surface area contributed by atoms with Gasteiger partial charge in [0.2, 0.25) is 0 Å². The molecule has 1 heterocycles. The Morgan fingerprint density at radius 3 is 2.65 bits per heavy atom. The van der Waals surface area contributed by atoms with Crippen molar-refractivity contribution in [1.82, 2.24) is 0 Å². The van der Waals surface area contributed by atoms with Crippen LogP contribution in [0.3, 0.4) is 0 Å². The van der Waals surface area contributed by atoms with E-state index in [9.17, 15) is 5.11 Å². The molecule has 0 saturated heterocycles. The minimum atomic E-state index is -0.757. The third kappa shape index (κ3) is 2.37. The number of ether oxygens (including phenoxy) is 1. The minimum absolute atomic E-state index is 0.571. The first-order chi connectivity index (χ1) is 8.13. The largest absolute Gasteiger partial charge is 0.496 e. The number of aryl methyl sites for hydroxylation is 1. The molecule has 0 saturated carbocycles. The Hall–Kier alpha value is -1.26. The van der Waals surface area contributed by atoms with E-state index in [1.165, 1.54) is 0 Å². The van der Waals surface area contributed by atoms with Gasteiger partial charge in [0.15, 0.2) is 0 Å². The highest BCUT2D eigenvalue weighted by Gasteiger charge is 2.17. The lowest BCUT2D eigenvalue weighted by Crippen LogP contribution is -2.00. The minimum Gasteiger partial charge on any atom is -0.496 e. The molecule has 0 aliphatic rings. The van der Waals surface area contributed by atoms with Gasteiger partial charge in [-0.15, -0.1) is 0 Å². The van der Waals surface area contributed by atoms with Crippen molar-refractivity contribution in [2.75, 3.05) is 7.11 Å². The molecule has 1 aromatic carbocycles. The van der Waals surface area contributed by atoms with Gasteiger partial charge in [-0.05, 0) is 52.2 Å². The van der Waals surface area contributed by atoms with Gasteiger partial charge in [-0.2, -0.15) is 0 Å². The first-order valence-corrected chi connectivity index (χ1v) is 5.98. The SMILES string of the molecule is COc1ccc(C(O)c2occc2C)cc1Br. The van der Waals surface area contributed by atoms with Crippen LogP contribution in [0, 0.1) is 6.92 Å². The van der Waals surface area contributed by atoms with E-state index in [0.717, 1.165) is 21.3 Å². The number of furan rings is 1. The third-order valence-corrected chi connectivity index (χ3v) is 3.26. The van der Waals surface area contributed by atoms with E-state index in [1.807, 2.05) is 25.1 Å². The van der Waals surface area contributed by atoms with Crippen LogP contribution in [-0.4, -0.2) is 12.2 Å². The molecule has 17 heavy (non-hydrogen) atoms. The van der Waals surface area contributed by atoms with Crippen molar-refractivity contribution in [2.24, 2.45) is 0 Å². The fourth-order valence-corrected chi connectivity index (χ4v) is 2.23. The number of aliphatic hydroxyl groups excluding tert-OH is 1. The standard InChI is InChI=1S/C13H13BrO3/c1-8-5-6-17-13(8)12(15)9-3-4-11(16-2)10(14)7-9/h3-7,12,15H,1-2H3. The van der Waals surface area contributed by atoms with Crippen molar-refractivity contribution in [3.63, 3.8) is 0 Å². The maximum atomic E-state index is 10.2. The third-order valence-electron chi connectivity index (χ3n) is 2.64. The van der Waals surface area contributed by atoms with Gasteiger partial charge in [0.25, 0.3) is 0 Å². The van der Waals surface area contributed by atoms with Gasteiger partial charge in [0.1, 0.15) is 17.6 Å². The van der Waals surface area contributed by atoms with E-state index < -0.39 is 6.10 Å². The van der Waals surface area contributed by atoms with Crippen molar-refractivity contribution in [2.45, 2.75) is 13.0 Å². The molecular formula is C13H13BrO3. The molecule has 0 bridgehead atoms. The van der Waals surface area contributed by atoms with Gasteiger partial charge >= 0.3 is 0 Å². The average molecular weight is 297 g/mol. The van der Waals surface area contributed by atoms with Crippen molar-refractivity contribution in [3.05, 3.63) is 51.9 Å². The molecule has 0 aliphatic heterocycles. The number of benzene rings is 1. The number of halogens is 1. The highest BCUT2D eigenvalue weighted by molar-refractivity contribution is 9.10. The van der Waals surface area contributed by atoms with Crippen LogP contribution in [0.4, 0.5) is 0 Å². The molecule has 90 valence electrons. The molecule has 4 heteroatoms. The lowest BCUT2D eigenvalue weighted by Gasteiger charge is -2.11. The topological polar surface area (TPSA) is 42.6 Å². The van der Waals surface area contributed by atoms with Crippen LogP contribution in [-0.2, 0) is 0 Å². The summed E-state index contributed by atoms with van der Waals surface area (Å²) >= 11 is 3.39. The summed E-state index contributed by atoms with van der Waals surface area (Å²) in [5, 5.41) is 10.2. The average Bonchev–Trinajstić information content (AvgIpc) is 2.74. The van der Waals surface area contributed by atoms with Gasteiger partial charge in [0.05, 0.1) is 17.8 Å². The van der Waals surface area contributed by atoms with Crippen LogP contribution in [0.5, 0.6) is 5.75 Å². The summed E-state index contributed by atoms with van der Waals surface area (Å²) in [6.45, 7) is 1.90. The van der Waals surface area contributed by atoms with Gasteiger partial charge < -0.3 is 14.3 Å². The zero-order valence-corrected chi connectivity index (χ0v) is 11.2. The van der Waals surface area contributed by atoms with E-state index in [1.54, 1.807) is 19.4 Å². The van der Waals surface area contributed by atoms with Crippen molar-refractivity contribution >= 4 is 15.9 Å². The molecule has 0 fully saturated rings. The molecular weight excluding hydrogens is 284 g/mol. The molecule has 2 rings (SSSR count). The van der Waals surface area contributed by atoms with Crippen LogP contribution in [0.15, 0.2) is 39.4 Å². The van der Waals surface area contributed by atoms with E-state index in [0.29, 0.717) is 5.76 Å². The highest BCUT2D eigenvalue weighted by atomic mass is 79.9. The molecule has 0 aliphatic carbocycles. The Labute approximate surface area is 108 Å². The van der Waals surface area contributed by atoms with Gasteiger partial charge in [-0.1, -0.05) is 6.07 Å². The van der Waals surface area contributed by atoms with Gasteiger partial charge in [-0.3, -0.25) is 0 Å². The molecule has 0 spiro atoms. The fourth-order valence-electron chi connectivity index (χ4n) is 1.67. The molecule has 1 aromatic heterocycles. The van der Waals surface area contributed by atoms with Crippen LogP contribution < -0.4 is 4.74 Å². The number of hydrogen-bond donors (Lipinski definition) is 1. The summed E-state index contributed by atoms with van der Waals surface area (Å²) in [5.41, 5.74) is 1.69. The van der Waals surface area contributed by atoms with Crippen molar-refractivity contribution in [1.29, 1.82) is 0 Å². The molecule has 1 unspecified atom stereocenters. The molecule has 0 radical (unpaired) electrons. The number of methoxy groups -OCH3 is 1. The summed E-state index contributed by atoms with van der Waals surface area (Å²) in [6.07, 6.45) is 0.819. The summed E-state index contributed by atoms with van der Waals surface area (Å²) in [7, 11) is 1.60. The second-order valence-electron chi connectivity index (χ2n) is 3.76. The number of rotatable bonds is 3. The number of aliphatic hydroxyl groups is 1. The Morgan fingerprint density at radius 1 is 1.35 bits per heavy atom. The zero-order valence-electron chi connectivity index (χ0n) is 9.61. The quantitative estimate of drug-likeness (QED) is 0.943. The Kier molecular flexibility index (Phi) is 3.54. The van der Waals surface area contributed by atoms with Gasteiger partial charge in [0, 0.05) is 0 Å². The Morgan fingerprint density at radius 2 is 2.12 bits per heavy atom. The van der Waals surface area contributed by atoms with Crippen molar-refractivity contribution < 1.29 is 14.3 Å². The zero-order chi connectivity index (χ0) is 12.4. The smallest absolute Gasteiger partial charge is 0.139 e. The van der Waals surface area contributed by atoms with Crippen molar-refractivity contribution in [3.8, 4) is 5.75 Å². The molecule has 1 N–H and O–H groups in total. The van der Waals surface area contributed by atoms with Gasteiger partial charge in [-0.25, -0.2) is 0 Å². The predicted molar refractivity (Wildman–Crippen MR) is 68.2 cm³/mol. The predicted octanol–water partition coefficient (Wildman–Crippen LogP) is 3.44. The maximum absolute atomic E-state index is 10.2. The highest BCUT2D eigenvalue weighted by Crippen LogP contribution is 2.31. The normalized spacial score (nSPS) is 12.5. The molecule has 2 aromatic rings. The summed E-state index contributed by atoms with van der Waals surface area (Å²) in [5.74, 6) is 1.30. The summed E-state index contributed by atoms with van der Waals surface area (Å²) < 4.78 is 11.2. The van der Waals surface area contributed by atoms with Crippen LogP contribution in [0.2, 0.25) is 0 Å². The van der Waals surface area contributed by atoms with E-state index in [4.69, 9.17) is 9.15 Å². The lowest BCUT2D eigenvalue weighted by atomic mass is 10.1. The van der Waals surface area contributed by atoms with Crippen LogP contribution in [0.25, 0.3) is 0 Å². The first kappa shape index (κ1) is 12.2. The molecule has 0 amide bonds. The van der Waals surface area contributed by atoms with E-state index >= 15 is 0 Å². The molecule has 3 nitrogen and oxygen atoms in total. The Bertz CT molecular complexity index is 519. The fraction of sp³-hybridized carbons (Fsp3) is 0.231. The summed E-state index contributed by atoms with van der Waals surface area (Å²) in [4.78, 5) is 0. The first-order valence-electron chi connectivity index (χ1n) is 5.19. The van der Waals surface area contributed by atoms with E-state index in [2.05, 4.69) is 15.9 Å². The maximum Gasteiger partial charge on any atom is 0.139 e. The molecule has 1 atom stereocenters. The lowest BCUT2D eigenvalue weighted by molar-refractivity contribution is 0.188. The second kappa shape index (κ2) is 4.94. The van der Waals surface area contributed by atoms with E-state index in [-0.39, 0.29) is 0 Å². The summed E-state index contributed by atoms with van der Waals surface area (Å²) in [6, 6.07) is 7.28. The van der Waals surface area contributed by atoms with Crippen LogP contribution in [0.1, 0.15) is 23.0 Å².